The second-order valence-corrected chi connectivity index (χ2v) is 6.16. The third kappa shape index (κ3) is 3.67. The number of esters is 2. The van der Waals surface area contributed by atoms with E-state index < -0.39 is 29.9 Å². The van der Waals surface area contributed by atoms with Gasteiger partial charge in [-0.05, 0) is 12.5 Å². The van der Waals surface area contributed by atoms with Crippen molar-refractivity contribution in [2.24, 2.45) is 11.8 Å². The van der Waals surface area contributed by atoms with E-state index in [2.05, 4.69) is 0 Å². The van der Waals surface area contributed by atoms with Crippen LogP contribution in [-0.4, -0.2) is 24.3 Å². The SMILES string of the molecule is CCOC(=O)[C@H]1C(=O)O[C@H](c2ccccc2)[C@@H]1CC(=O)c1ccccc1. The molecule has 26 heavy (non-hydrogen) atoms. The Hall–Kier alpha value is -2.95. The number of carbonyl (C=O) groups is 3. The minimum Gasteiger partial charge on any atom is -0.465 e. The normalized spacial score (nSPS) is 21.9. The molecule has 0 unspecified atom stereocenters. The topological polar surface area (TPSA) is 69.7 Å². The first-order valence-corrected chi connectivity index (χ1v) is 8.62. The maximum absolute atomic E-state index is 12.7. The minimum absolute atomic E-state index is 0.0266. The van der Waals surface area contributed by atoms with Crippen LogP contribution in [0, 0.1) is 11.8 Å². The molecule has 0 spiro atoms. The Bertz CT molecular complexity index is 785. The molecule has 0 N–H and O–H groups in total. The first kappa shape index (κ1) is 17.9. The number of cyclic esters (lactones) is 1. The monoisotopic (exact) mass is 352 g/mol. The molecular formula is C21H20O5. The van der Waals surface area contributed by atoms with Crippen molar-refractivity contribution in [2.45, 2.75) is 19.4 Å². The number of benzene rings is 2. The highest BCUT2D eigenvalue weighted by Gasteiger charge is 2.50. The molecular weight excluding hydrogens is 332 g/mol. The molecule has 0 saturated carbocycles. The highest BCUT2D eigenvalue weighted by Crippen LogP contribution is 2.42. The van der Waals surface area contributed by atoms with Crippen molar-refractivity contribution in [3.8, 4) is 0 Å². The molecule has 3 rings (SSSR count). The van der Waals surface area contributed by atoms with Gasteiger partial charge < -0.3 is 9.47 Å². The molecule has 2 aromatic rings. The van der Waals surface area contributed by atoms with Gasteiger partial charge in [0.15, 0.2) is 11.7 Å². The first-order valence-electron chi connectivity index (χ1n) is 8.62. The fourth-order valence-corrected chi connectivity index (χ4v) is 3.28. The Kier molecular flexibility index (Phi) is 5.46. The second kappa shape index (κ2) is 7.95. The maximum Gasteiger partial charge on any atom is 0.321 e. The number of Topliss-reactive ketones (excluding diaryl/α,β-unsaturated/α-hetero) is 1. The zero-order valence-electron chi connectivity index (χ0n) is 14.5. The number of hydrogen-bond acceptors (Lipinski definition) is 5. The van der Waals surface area contributed by atoms with E-state index in [-0.39, 0.29) is 18.8 Å². The van der Waals surface area contributed by atoms with Gasteiger partial charge in [-0.3, -0.25) is 14.4 Å². The predicted octanol–water partition coefficient (Wildman–Crippen LogP) is 3.35. The van der Waals surface area contributed by atoms with Crippen LogP contribution in [-0.2, 0) is 19.1 Å². The van der Waals surface area contributed by atoms with Gasteiger partial charge in [0, 0.05) is 17.9 Å². The van der Waals surface area contributed by atoms with Crippen LogP contribution < -0.4 is 0 Å². The van der Waals surface area contributed by atoms with Crippen molar-refractivity contribution in [1.29, 1.82) is 0 Å². The van der Waals surface area contributed by atoms with E-state index in [1.807, 2.05) is 36.4 Å². The molecule has 1 saturated heterocycles. The van der Waals surface area contributed by atoms with Crippen LogP contribution in [0.15, 0.2) is 60.7 Å². The molecule has 0 bridgehead atoms. The zero-order chi connectivity index (χ0) is 18.5. The summed E-state index contributed by atoms with van der Waals surface area (Å²) in [5, 5.41) is 0. The smallest absolute Gasteiger partial charge is 0.321 e. The maximum atomic E-state index is 12.7. The molecule has 0 aromatic heterocycles. The largest absolute Gasteiger partial charge is 0.465 e. The van der Waals surface area contributed by atoms with E-state index in [0.717, 1.165) is 5.56 Å². The molecule has 1 aliphatic rings. The van der Waals surface area contributed by atoms with Crippen LogP contribution in [0.4, 0.5) is 0 Å². The molecule has 2 aromatic carbocycles. The van der Waals surface area contributed by atoms with Crippen LogP contribution in [0.3, 0.4) is 0 Å². The Morgan fingerprint density at radius 2 is 1.62 bits per heavy atom. The molecule has 1 aliphatic heterocycles. The summed E-state index contributed by atoms with van der Waals surface area (Å²) in [5.74, 6) is -3.10. The second-order valence-electron chi connectivity index (χ2n) is 6.16. The fraction of sp³-hybridized carbons (Fsp3) is 0.286. The number of carbonyl (C=O) groups excluding carboxylic acids is 3. The predicted molar refractivity (Wildman–Crippen MR) is 94.3 cm³/mol. The first-order chi connectivity index (χ1) is 12.6. The van der Waals surface area contributed by atoms with E-state index >= 15 is 0 Å². The summed E-state index contributed by atoms with van der Waals surface area (Å²) in [6, 6.07) is 18.0. The Balaban J connectivity index is 1.91. The van der Waals surface area contributed by atoms with Crippen LogP contribution in [0.2, 0.25) is 0 Å². The molecule has 5 heteroatoms. The van der Waals surface area contributed by atoms with Crippen LogP contribution in [0.5, 0.6) is 0 Å². The van der Waals surface area contributed by atoms with Crippen molar-refractivity contribution < 1.29 is 23.9 Å². The Morgan fingerprint density at radius 1 is 1.00 bits per heavy atom. The summed E-state index contributed by atoms with van der Waals surface area (Å²) >= 11 is 0. The van der Waals surface area contributed by atoms with Crippen LogP contribution in [0.25, 0.3) is 0 Å². The molecule has 3 atom stereocenters. The van der Waals surface area contributed by atoms with Crippen molar-refractivity contribution in [1.82, 2.24) is 0 Å². The average Bonchev–Trinajstić information content (AvgIpc) is 2.99. The number of ether oxygens (including phenoxy) is 2. The summed E-state index contributed by atoms with van der Waals surface area (Å²) in [7, 11) is 0. The van der Waals surface area contributed by atoms with Crippen molar-refractivity contribution in [2.75, 3.05) is 6.61 Å². The molecule has 1 fully saturated rings. The summed E-state index contributed by atoms with van der Waals surface area (Å²) < 4.78 is 10.5. The lowest BCUT2D eigenvalue weighted by Gasteiger charge is -2.20. The van der Waals surface area contributed by atoms with Gasteiger partial charge in [-0.1, -0.05) is 60.7 Å². The van der Waals surface area contributed by atoms with Gasteiger partial charge in [0.25, 0.3) is 0 Å². The molecule has 134 valence electrons. The van der Waals surface area contributed by atoms with E-state index in [9.17, 15) is 14.4 Å². The van der Waals surface area contributed by atoms with Crippen molar-refractivity contribution in [3.05, 3.63) is 71.8 Å². The summed E-state index contributed by atoms with van der Waals surface area (Å²) in [6.07, 6.45) is -0.621. The van der Waals surface area contributed by atoms with Gasteiger partial charge in [-0.2, -0.15) is 0 Å². The molecule has 0 radical (unpaired) electrons. The third-order valence-electron chi connectivity index (χ3n) is 4.50. The lowest BCUT2D eigenvalue weighted by Crippen LogP contribution is -2.29. The van der Waals surface area contributed by atoms with Gasteiger partial charge >= 0.3 is 11.9 Å². The van der Waals surface area contributed by atoms with Crippen LogP contribution in [0.1, 0.15) is 35.4 Å². The van der Waals surface area contributed by atoms with Gasteiger partial charge in [-0.25, -0.2) is 0 Å². The summed E-state index contributed by atoms with van der Waals surface area (Å²) in [5.41, 5.74) is 1.31. The molecule has 1 heterocycles. The average molecular weight is 352 g/mol. The van der Waals surface area contributed by atoms with E-state index in [0.29, 0.717) is 5.56 Å². The van der Waals surface area contributed by atoms with Crippen LogP contribution >= 0.6 is 0 Å². The van der Waals surface area contributed by atoms with Gasteiger partial charge in [0.1, 0.15) is 6.10 Å². The highest BCUT2D eigenvalue weighted by molar-refractivity contribution is 6.00. The van der Waals surface area contributed by atoms with Gasteiger partial charge in [-0.15, -0.1) is 0 Å². The van der Waals surface area contributed by atoms with E-state index in [1.54, 1.807) is 31.2 Å². The molecule has 5 nitrogen and oxygen atoms in total. The zero-order valence-corrected chi connectivity index (χ0v) is 14.5. The Labute approximate surface area is 151 Å². The lowest BCUT2D eigenvalue weighted by molar-refractivity contribution is -0.156. The van der Waals surface area contributed by atoms with E-state index in [1.165, 1.54) is 0 Å². The number of ketones is 1. The van der Waals surface area contributed by atoms with Crippen molar-refractivity contribution in [3.63, 3.8) is 0 Å². The highest BCUT2D eigenvalue weighted by atomic mass is 16.6. The lowest BCUT2D eigenvalue weighted by atomic mass is 9.82. The number of hydrogen-bond donors (Lipinski definition) is 0. The fourth-order valence-electron chi connectivity index (χ4n) is 3.28. The third-order valence-corrected chi connectivity index (χ3v) is 4.50. The number of rotatable bonds is 6. The standard InChI is InChI=1S/C21H20O5/c1-2-25-20(23)18-16(13-17(22)14-9-5-3-6-10-14)19(26-21(18)24)15-11-7-4-8-12-15/h3-12,16,18-19H,2,13H2,1H3/t16-,18+,19-/m1/s1. The van der Waals surface area contributed by atoms with Gasteiger partial charge in [0.05, 0.1) is 6.61 Å². The minimum atomic E-state index is -1.09. The quantitative estimate of drug-likeness (QED) is 0.453. The van der Waals surface area contributed by atoms with Gasteiger partial charge in [0.2, 0.25) is 0 Å². The van der Waals surface area contributed by atoms with E-state index in [4.69, 9.17) is 9.47 Å². The van der Waals surface area contributed by atoms with Crippen molar-refractivity contribution >= 4 is 17.7 Å². The molecule has 0 amide bonds. The summed E-state index contributed by atoms with van der Waals surface area (Å²) in [6.45, 7) is 1.84. The summed E-state index contributed by atoms with van der Waals surface area (Å²) in [4.78, 5) is 37.4. The molecule has 0 aliphatic carbocycles. The Morgan fingerprint density at radius 3 is 2.23 bits per heavy atom.